The zero-order valence-electron chi connectivity index (χ0n) is 9.63. The average molecular weight is 260 g/mol. The molecule has 0 aromatic carbocycles. The summed E-state index contributed by atoms with van der Waals surface area (Å²) in [6.45, 7) is 0. The highest BCUT2D eigenvalue weighted by molar-refractivity contribution is 5.93. The molecular formula is C9H16N4O5. The van der Waals surface area contributed by atoms with Gasteiger partial charge in [0.15, 0.2) is 0 Å². The van der Waals surface area contributed by atoms with Crippen LogP contribution in [0.1, 0.15) is 19.3 Å². The van der Waals surface area contributed by atoms with E-state index in [4.69, 9.17) is 22.9 Å². The van der Waals surface area contributed by atoms with E-state index in [2.05, 4.69) is 4.74 Å². The molecule has 9 nitrogen and oxygen atoms in total. The molecule has 0 aliphatic heterocycles. The second-order valence-corrected chi connectivity index (χ2v) is 3.63. The molecule has 9 heteroatoms. The van der Waals surface area contributed by atoms with Crippen molar-refractivity contribution in [2.45, 2.75) is 31.3 Å². The van der Waals surface area contributed by atoms with Crippen LogP contribution in [0.4, 0.5) is 0 Å². The van der Waals surface area contributed by atoms with E-state index in [9.17, 15) is 19.2 Å². The molecule has 2 amide bonds. The van der Waals surface area contributed by atoms with Crippen molar-refractivity contribution in [3.63, 3.8) is 0 Å². The first kappa shape index (κ1) is 16.0. The van der Waals surface area contributed by atoms with Crippen molar-refractivity contribution < 1.29 is 23.9 Å². The average Bonchev–Trinajstić information content (AvgIpc) is 2.24. The van der Waals surface area contributed by atoms with Crippen LogP contribution in [0.3, 0.4) is 0 Å². The first-order chi connectivity index (χ1) is 8.23. The first-order valence-corrected chi connectivity index (χ1v) is 5.07. The van der Waals surface area contributed by atoms with Gasteiger partial charge in [0.25, 0.3) is 0 Å². The monoisotopic (exact) mass is 260 g/mol. The molecule has 0 heterocycles. The second-order valence-electron chi connectivity index (χ2n) is 3.63. The van der Waals surface area contributed by atoms with Crippen LogP contribution in [0.25, 0.3) is 0 Å². The summed E-state index contributed by atoms with van der Waals surface area (Å²) in [6.07, 6.45) is -0.604. The van der Waals surface area contributed by atoms with Crippen molar-refractivity contribution in [3.05, 3.63) is 0 Å². The number of ether oxygens (including phenoxy) is 1. The number of amides is 2. The summed E-state index contributed by atoms with van der Waals surface area (Å²) in [7, 11) is 0. The van der Waals surface area contributed by atoms with Crippen LogP contribution < -0.4 is 22.9 Å². The molecule has 2 atom stereocenters. The summed E-state index contributed by atoms with van der Waals surface area (Å²) in [6, 6.07) is -2.49. The van der Waals surface area contributed by atoms with Crippen molar-refractivity contribution in [2.75, 3.05) is 0 Å². The molecular weight excluding hydrogens is 244 g/mol. The number of carbonyl (C=O) groups excluding carboxylic acids is 4. The number of hydrogen-bond donors (Lipinski definition) is 4. The second kappa shape index (κ2) is 7.35. The van der Waals surface area contributed by atoms with E-state index in [-0.39, 0.29) is 12.8 Å². The van der Waals surface area contributed by atoms with Gasteiger partial charge in [0, 0.05) is 6.42 Å². The van der Waals surface area contributed by atoms with Gasteiger partial charge in [-0.05, 0) is 6.42 Å². The number of hydrogen-bond acceptors (Lipinski definition) is 7. The van der Waals surface area contributed by atoms with Gasteiger partial charge in [-0.1, -0.05) is 0 Å². The Morgan fingerprint density at radius 1 is 0.889 bits per heavy atom. The first-order valence-electron chi connectivity index (χ1n) is 5.07. The van der Waals surface area contributed by atoms with E-state index < -0.39 is 42.3 Å². The van der Waals surface area contributed by atoms with E-state index >= 15 is 0 Å². The van der Waals surface area contributed by atoms with E-state index in [1.807, 2.05) is 0 Å². The van der Waals surface area contributed by atoms with E-state index in [1.54, 1.807) is 0 Å². The normalized spacial score (nSPS) is 13.4. The molecule has 0 unspecified atom stereocenters. The summed E-state index contributed by atoms with van der Waals surface area (Å²) in [4.78, 5) is 43.4. The Hall–Kier alpha value is -2.00. The molecule has 0 radical (unpaired) electrons. The summed E-state index contributed by atoms with van der Waals surface area (Å²) in [5.74, 6) is -3.57. The number of carbonyl (C=O) groups is 4. The van der Waals surface area contributed by atoms with Gasteiger partial charge in [-0.25, -0.2) is 9.59 Å². The lowest BCUT2D eigenvalue weighted by Gasteiger charge is -2.11. The summed E-state index contributed by atoms with van der Waals surface area (Å²) in [5, 5.41) is 0. The lowest BCUT2D eigenvalue weighted by molar-refractivity contribution is -0.162. The molecule has 0 aliphatic carbocycles. The zero-order valence-corrected chi connectivity index (χ0v) is 9.63. The molecule has 102 valence electrons. The molecule has 0 aromatic heterocycles. The summed E-state index contributed by atoms with van der Waals surface area (Å²) in [5.41, 5.74) is 20.3. The number of nitrogens with two attached hydrogens (primary N) is 4. The topological polar surface area (TPSA) is 182 Å². The molecule has 0 spiro atoms. The van der Waals surface area contributed by atoms with Gasteiger partial charge in [0.2, 0.25) is 11.8 Å². The van der Waals surface area contributed by atoms with Crippen molar-refractivity contribution in [1.29, 1.82) is 0 Å². The van der Waals surface area contributed by atoms with Gasteiger partial charge in [0.1, 0.15) is 12.1 Å². The van der Waals surface area contributed by atoms with E-state index in [0.717, 1.165) is 0 Å². The van der Waals surface area contributed by atoms with Crippen molar-refractivity contribution in [1.82, 2.24) is 0 Å². The van der Waals surface area contributed by atoms with Crippen LogP contribution in [0, 0.1) is 0 Å². The van der Waals surface area contributed by atoms with Crippen molar-refractivity contribution in [2.24, 2.45) is 22.9 Å². The Bertz CT molecular complexity index is 357. The maximum absolute atomic E-state index is 11.3. The van der Waals surface area contributed by atoms with Gasteiger partial charge in [0.05, 0.1) is 6.42 Å². The fourth-order valence-corrected chi connectivity index (χ4v) is 0.966. The maximum atomic E-state index is 11.3. The molecule has 0 aromatic rings. The van der Waals surface area contributed by atoms with E-state index in [0.29, 0.717) is 0 Å². The van der Waals surface area contributed by atoms with Crippen LogP contribution in [0.15, 0.2) is 0 Å². The Kier molecular flexibility index (Phi) is 6.53. The largest absolute Gasteiger partial charge is 0.391 e. The minimum atomic E-state index is -1.32. The lowest BCUT2D eigenvalue weighted by Crippen LogP contribution is -2.41. The standard InChI is InChI=1S/C9H16N4O5/c10-4(1-2-6(12)14)8(16)18-9(17)5(11)3-7(13)15/h4-5H,1-3,10-11H2,(H2,12,14)(H2,13,15)/t4-,5-/m0/s1. The molecule has 18 heavy (non-hydrogen) atoms. The van der Waals surface area contributed by atoms with E-state index in [1.165, 1.54) is 0 Å². The highest BCUT2D eigenvalue weighted by Gasteiger charge is 2.24. The fraction of sp³-hybridized carbons (Fsp3) is 0.556. The van der Waals surface area contributed by atoms with Gasteiger partial charge in [-0.2, -0.15) is 0 Å². The third kappa shape index (κ3) is 6.55. The minimum absolute atomic E-state index is 0.0491. The minimum Gasteiger partial charge on any atom is -0.391 e. The van der Waals surface area contributed by atoms with Gasteiger partial charge in [-0.3, -0.25) is 9.59 Å². The number of rotatable bonds is 7. The molecule has 0 saturated heterocycles. The zero-order chi connectivity index (χ0) is 14.3. The Morgan fingerprint density at radius 2 is 1.39 bits per heavy atom. The smallest absolute Gasteiger partial charge is 0.331 e. The molecule has 0 saturated carbocycles. The molecule has 0 rings (SSSR count). The molecule has 0 bridgehead atoms. The Balaban J connectivity index is 4.17. The fourth-order valence-electron chi connectivity index (χ4n) is 0.966. The van der Waals surface area contributed by atoms with Gasteiger partial charge >= 0.3 is 11.9 Å². The van der Waals surface area contributed by atoms with Crippen LogP contribution in [0.2, 0.25) is 0 Å². The van der Waals surface area contributed by atoms with Gasteiger partial charge < -0.3 is 27.7 Å². The molecule has 8 N–H and O–H groups in total. The molecule has 0 fully saturated rings. The third-order valence-corrected chi connectivity index (χ3v) is 1.93. The van der Waals surface area contributed by atoms with Crippen molar-refractivity contribution in [3.8, 4) is 0 Å². The predicted molar refractivity (Wildman–Crippen MR) is 59.3 cm³/mol. The highest BCUT2D eigenvalue weighted by atomic mass is 16.6. The maximum Gasteiger partial charge on any atom is 0.331 e. The van der Waals surface area contributed by atoms with Crippen LogP contribution in [-0.2, 0) is 23.9 Å². The molecule has 0 aliphatic rings. The Labute approximate surface area is 103 Å². The summed E-state index contributed by atoms with van der Waals surface area (Å²) >= 11 is 0. The van der Waals surface area contributed by atoms with Crippen LogP contribution in [-0.4, -0.2) is 35.8 Å². The highest BCUT2D eigenvalue weighted by Crippen LogP contribution is 1.99. The van der Waals surface area contributed by atoms with Crippen molar-refractivity contribution >= 4 is 23.8 Å². The quantitative estimate of drug-likeness (QED) is 0.275. The Morgan fingerprint density at radius 3 is 1.83 bits per heavy atom. The SMILES string of the molecule is NC(=O)CC[C@H](N)C(=O)OC(=O)[C@@H](N)CC(N)=O. The summed E-state index contributed by atoms with van der Waals surface area (Å²) < 4.78 is 4.32. The van der Waals surface area contributed by atoms with Gasteiger partial charge in [-0.15, -0.1) is 0 Å². The predicted octanol–water partition coefficient (Wildman–Crippen LogP) is -3.15. The number of primary amides is 2. The third-order valence-electron chi connectivity index (χ3n) is 1.93. The lowest BCUT2D eigenvalue weighted by atomic mass is 10.1. The number of esters is 2. The van der Waals surface area contributed by atoms with Crippen LogP contribution in [0.5, 0.6) is 0 Å². The van der Waals surface area contributed by atoms with Crippen LogP contribution >= 0.6 is 0 Å².